The van der Waals surface area contributed by atoms with Crippen LogP contribution in [0.25, 0.3) is 16.9 Å². The fraction of sp³-hybridized carbons (Fsp3) is 0.182. The zero-order valence-electron chi connectivity index (χ0n) is 16.7. The third-order valence-electron chi connectivity index (χ3n) is 5.18. The van der Waals surface area contributed by atoms with Gasteiger partial charge in [0, 0.05) is 10.6 Å². The minimum absolute atomic E-state index is 0.0974. The van der Waals surface area contributed by atoms with Crippen LogP contribution in [0.1, 0.15) is 35.1 Å². The van der Waals surface area contributed by atoms with E-state index in [0.717, 1.165) is 17.7 Å². The molecule has 0 saturated heterocycles. The number of ether oxygens (including phenoxy) is 1. The van der Waals surface area contributed by atoms with E-state index >= 15 is 0 Å². The molecule has 1 unspecified atom stereocenters. The van der Waals surface area contributed by atoms with Crippen molar-refractivity contribution in [3.8, 4) is 22.7 Å². The van der Waals surface area contributed by atoms with Gasteiger partial charge in [-0.3, -0.25) is 4.79 Å². The lowest BCUT2D eigenvalue weighted by atomic mass is 10.1. The number of halogens is 2. The van der Waals surface area contributed by atoms with Crippen molar-refractivity contribution in [1.82, 2.24) is 25.4 Å². The number of carbonyl (C=O) groups is 1. The summed E-state index contributed by atoms with van der Waals surface area (Å²) in [7, 11) is 0. The average Bonchev–Trinajstić information content (AvgIpc) is 3.42. The van der Waals surface area contributed by atoms with Crippen LogP contribution in [-0.4, -0.2) is 32.6 Å². The van der Waals surface area contributed by atoms with Crippen molar-refractivity contribution in [2.45, 2.75) is 18.9 Å². The largest absolute Gasteiger partial charge is 0.489 e. The Morgan fingerprint density at radius 3 is 2.69 bits per heavy atom. The number of para-hydroxylation sites is 1. The van der Waals surface area contributed by atoms with E-state index in [4.69, 9.17) is 33.0 Å². The van der Waals surface area contributed by atoms with Crippen molar-refractivity contribution in [3.05, 3.63) is 76.2 Å². The van der Waals surface area contributed by atoms with Crippen LogP contribution in [0.5, 0.6) is 5.75 Å². The van der Waals surface area contributed by atoms with Crippen molar-refractivity contribution in [2.24, 2.45) is 0 Å². The standard InChI is InChI=1S/C22H17Cl2N5O3/c23-14-9-7-13(8-10-14)20-21-19(27-29(20)18-6-2-1-4-15(18)24)16(5-3-11-31-21)26-22(30)17-12-25-32-28-17/h1-2,4,6-10,12,16H,3,5,11H2,(H,26,30). The van der Waals surface area contributed by atoms with Gasteiger partial charge in [0.25, 0.3) is 5.91 Å². The van der Waals surface area contributed by atoms with Crippen molar-refractivity contribution in [3.63, 3.8) is 0 Å². The maximum Gasteiger partial charge on any atom is 0.275 e. The molecule has 1 aliphatic rings. The predicted molar refractivity (Wildman–Crippen MR) is 118 cm³/mol. The van der Waals surface area contributed by atoms with Crippen molar-refractivity contribution in [1.29, 1.82) is 0 Å². The fourth-order valence-electron chi connectivity index (χ4n) is 3.69. The summed E-state index contributed by atoms with van der Waals surface area (Å²) < 4.78 is 12.4. The predicted octanol–water partition coefficient (Wildman–Crippen LogP) is 4.87. The number of carbonyl (C=O) groups excluding carboxylic acids is 1. The molecular formula is C22H17Cl2N5O3. The number of amides is 1. The summed E-state index contributed by atoms with van der Waals surface area (Å²) in [6.07, 6.45) is 2.65. The second-order valence-electron chi connectivity index (χ2n) is 7.24. The lowest BCUT2D eigenvalue weighted by molar-refractivity contribution is 0.0923. The summed E-state index contributed by atoms with van der Waals surface area (Å²) in [5.41, 5.74) is 2.99. The quantitative estimate of drug-likeness (QED) is 0.457. The zero-order chi connectivity index (χ0) is 22.1. The molecule has 10 heteroatoms. The van der Waals surface area contributed by atoms with Crippen LogP contribution in [0, 0.1) is 0 Å². The number of benzene rings is 2. The van der Waals surface area contributed by atoms with Crippen molar-refractivity contribution >= 4 is 29.1 Å². The summed E-state index contributed by atoms with van der Waals surface area (Å²) in [6, 6.07) is 14.4. The number of nitrogens with zero attached hydrogens (tertiary/aromatic N) is 4. The molecule has 3 heterocycles. The molecule has 0 saturated carbocycles. The molecule has 0 radical (unpaired) electrons. The Morgan fingerprint density at radius 2 is 1.94 bits per heavy atom. The molecule has 162 valence electrons. The van der Waals surface area contributed by atoms with Crippen molar-refractivity contribution in [2.75, 3.05) is 6.61 Å². The van der Waals surface area contributed by atoms with Gasteiger partial charge in [-0.1, -0.05) is 52.6 Å². The SMILES string of the molecule is O=C(NC1CCCOc2c1nn(-c1ccccc1Cl)c2-c1ccc(Cl)cc1)c1cnon1. The van der Waals surface area contributed by atoms with E-state index in [0.29, 0.717) is 40.2 Å². The Balaban J connectivity index is 1.66. The zero-order valence-corrected chi connectivity index (χ0v) is 18.2. The Morgan fingerprint density at radius 1 is 1.12 bits per heavy atom. The molecule has 1 amide bonds. The smallest absolute Gasteiger partial charge is 0.275 e. The molecule has 8 nitrogen and oxygen atoms in total. The highest BCUT2D eigenvalue weighted by Crippen LogP contribution is 2.42. The van der Waals surface area contributed by atoms with Gasteiger partial charge < -0.3 is 10.1 Å². The van der Waals surface area contributed by atoms with E-state index < -0.39 is 11.9 Å². The molecule has 0 aliphatic carbocycles. The Labute approximate surface area is 193 Å². The van der Waals surface area contributed by atoms with E-state index in [-0.39, 0.29) is 5.69 Å². The molecule has 0 spiro atoms. The molecule has 4 aromatic rings. The van der Waals surface area contributed by atoms with Crippen LogP contribution in [0.2, 0.25) is 10.0 Å². The third-order valence-corrected chi connectivity index (χ3v) is 5.75. The number of hydrogen-bond donors (Lipinski definition) is 1. The molecule has 0 bridgehead atoms. The summed E-state index contributed by atoms with van der Waals surface area (Å²) in [5, 5.41) is 16.1. The van der Waals surface area contributed by atoms with E-state index in [9.17, 15) is 4.79 Å². The van der Waals surface area contributed by atoms with Gasteiger partial charge in [0.05, 0.1) is 23.4 Å². The monoisotopic (exact) mass is 469 g/mol. The maximum absolute atomic E-state index is 12.6. The first kappa shape index (κ1) is 20.5. The summed E-state index contributed by atoms with van der Waals surface area (Å²) >= 11 is 12.6. The van der Waals surface area contributed by atoms with Gasteiger partial charge in [-0.25, -0.2) is 9.31 Å². The molecule has 5 rings (SSSR count). The Hall–Kier alpha value is -3.36. The molecule has 1 atom stereocenters. The fourth-order valence-corrected chi connectivity index (χ4v) is 4.03. The lowest BCUT2D eigenvalue weighted by Crippen LogP contribution is -2.29. The van der Waals surface area contributed by atoms with E-state index in [1.165, 1.54) is 6.20 Å². The first-order chi connectivity index (χ1) is 15.6. The first-order valence-corrected chi connectivity index (χ1v) is 10.7. The minimum atomic E-state index is -0.399. The number of fused-ring (bicyclic) bond motifs is 1. The molecule has 2 aromatic heterocycles. The van der Waals surface area contributed by atoms with Crippen LogP contribution in [-0.2, 0) is 0 Å². The van der Waals surface area contributed by atoms with Crippen LogP contribution in [0.3, 0.4) is 0 Å². The molecule has 32 heavy (non-hydrogen) atoms. The maximum atomic E-state index is 12.6. The average molecular weight is 470 g/mol. The van der Waals surface area contributed by atoms with Gasteiger partial charge in [-0.05, 0) is 42.3 Å². The molecular weight excluding hydrogens is 453 g/mol. The summed E-state index contributed by atoms with van der Waals surface area (Å²) in [4.78, 5) is 12.6. The second kappa shape index (κ2) is 8.64. The van der Waals surface area contributed by atoms with E-state index in [2.05, 4.69) is 20.3 Å². The summed E-state index contributed by atoms with van der Waals surface area (Å²) in [6.45, 7) is 0.486. The van der Waals surface area contributed by atoms with E-state index in [1.807, 2.05) is 30.3 Å². The highest BCUT2D eigenvalue weighted by molar-refractivity contribution is 6.32. The molecule has 0 fully saturated rings. The van der Waals surface area contributed by atoms with Gasteiger partial charge in [-0.15, -0.1) is 0 Å². The normalized spacial score (nSPS) is 15.5. The van der Waals surface area contributed by atoms with Gasteiger partial charge in [0.1, 0.15) is 17.6 Å². The highest BCUT2D eigenvalue weighted by Gasteiger charge is 2.31. The Kier molecular flexibility index (Phi) is 5.55. The second-order valence-corrected chi connectivity index (χ2v) is 8.09. The van der Waals surface area contributed by atoms with Gasteiger partial charge in [-0.2, -0.15) is 5.10 Å². The first-order valence-electron chi connectivity index (χ1n) is 9.97. The summed E-state index contributed by atoms with van der Waals surface area (Å²) in [5.74, 6) is 0.192. The van der Waals surface area contributed by atoms with Crippen LogP contribution < -0.4 is 10.1 Å². The number of nitrogens with one attached hydrogen (secondary N) is 1. The van der Waals surface area contributed by atoms with Crippen molar-refractivity contribution < 1.29 is 14.2 Å². The van der Waals surface area contributed by atoms with Gasteiger partial charge in [0.15, 0.2) is 11.4 Å². The van der Waals surface area contributed by atoms with Crippen LogP contribution in [0.15, 0.2) is 59.4 Å². The van der Waals surface area contributed by atoms with Gasteiger partial charge >= 0.3 is 0 Å². The van der Waals surface area contributed by atoms with Gasteiger partial charge in [0.2, 0.25) is 0 Å². The number of hydrogen-bond acceptors (Lipinski definition) is 6. The lowest BCUT2D eigenvalue weighted by Gasteiger charge is -2.13. The van der Waals surface area contributed by atoms with Crippen LogP contribution in [0.4, 0.5) is 0 Å². The Bertz CT molecular complexity index is 1260. The minimum Gasteiger partial charge on any atom is -0.489 e. The van der Waals surface area contributed by atoms with E-state index in [1.54, 1.807) is 22.9 Å². The molecule has 1 aliphatic heterocycles. The molecule has 2 aromatic carbocycles. The number of aromatic nitrogens is 4. The van der Waals surface area contributed by atoms with Crippen LogP contribution >= 0.6 is 23.2 Å². The topological polar surface area (TPSA) is 95.1 Å². The highest BCUT2D eigenvalue weighted by atomic mass is 35.5. The third kappa shape index (κ3) is 3.83. The molecule has 1 N–H and O–H groups in total. The number of rotatable bonds is 4.